The Labute approximate surface area is 467 Å². The molecule has 0 saturated carbocycles. The highest BCUT2D eigenvalue weighted by atomic mass is 127. The van der Waals surface area contributed by atoms with Crippen molar-refractivity contribution in [2.75, 3.05) is 21.4 Å². The van der Waals surface area contributed by atoms with Gasteiger partial charge >= 0.3 is 0 Å². The molecule has 11 aromatic rings. The number of nitrogens with zero attached hydrogens (tertiary/aromatic N) is 4. The second-order valence-electron chi connectivity index (χ2n) is 21.3. The van der Waals surface area contributed by atoms with Gasteiger partial charge in [0.05, 0.1) is 22.7 Å². The summed E-state index contributed by atoms with van der Waals surface area (Å²) >= 11 is 2.73. The molecule has 374 valence electrons. The van der Waals surface area contributed by atoms with Crippen LogP contribution < -0.4 is 17.4 Å². The van der Waals surface area contributed by atoms with Crippen molar-refractivity contribution in [1.82, 2.24) is 7.68 Å². The van der Waals surface area contributed by atoms with Gasteiger partial charge in [-0.2, -0.15) is 2.70 Å². The van der Waals surface area contributed by atoms with Crippen LogP contribution in [0.15, 0.2) is 261 Å². The summed E-state index contributed by atoms with van der Waals surface area (Å²) in [6, 6.07) is 93.9. The molecule has 6 heteroatoms. The largest absolute Gasteiger partial charge is 0.347 e. The zero-order valence-corrected chi connectivity index (χ0v) is 45.8. The van der Waals surface area contributed by atoms with E-state index >= 15 is 0 Å². The zero-order valence-electron chi connectivity index (χ0n) is 43.6. The first-order valence-corrected chi connectivity index (χ1v) is 27.7. The maximum atomic E-state index is 3.80. The Kier molecular flexibility index (Phi) is 12.5. The second kappa shape index (κ2) is 19.9. The van der Waals surface area contributed by atoms with Crippen molar-refractivity contribution >= 4 is 79.9 Å². The number of benzene rings is 10. The summed E-state index contributed by atoms with van der Waals surface area (Å²) < 4.78 is 0.595. The number of aromatic amines is 1. The SMILES string of the molecule is CC(C)(C)c1c[nH]c(N2c3ccccc3-c3ccccc3N(c3ccccc3)c3ccccc3-c3ccc(CCc4cccc(N5C[N+](I)(c6c(-c7ccccc7)cccc6-c6ccccc6)c6ccccc65)c4)cc32)c1. The van der Waals surface area contributed by atoms with Gasteiger partial charge in [-0.1, -0.05) is 197 Å². The standard InChI is InChI=1S/C71H59IN5/c1-71(2,3)54-47-69(73-48-54)76-65-38-18-15-32-60(65)59-31-13-16-36-63(59)75(55-28-11-6-12-29-55)64-37-17-14-33-61(64)62-44-43-51(46-67(62)76)42-41-50-23-21-30-56(45-50)74-49-77(72,68-40-20-19-39-66(68)74)70-57(52-24-7-4-8-25-52)34-22-35-58(70)53-26-9-5-10-27-53/h4-40,43-48,73H,41-42,49H2,1-3H3/q+1. The molecule has 3 heterocycles. The molecule has 5 nitrogen and oxygen atoms in total. The first-order chi connectivity index (χ1) is 37.7. The average molecular weight is 1110 g/mol. The predicted octanol–water partition coefficient (Wildman–Crippen LogP) is 20.1. The van der Waals surface area contributed by atoms with Crippen LogP contribution in [0, 0.1) is 0 Å². The van der Waals surface area contributed by atoms with Crippen molar-refractivity contribution < 1.29 is 0 Å². The maximum Gasteiger partial charge on any atom is 0.262 e. The molecule has 77 heavy (non-hydrogen) atoms. The summed E-state index contributed by atoms with van der Waals surface area (Å²) in [6.07, 6.45) is 3.93. The summed E-state index contributed by atoms with van der Waals surface area (Å²) in [5.74, 6) is 1.03. The van der Waals surface area contributed by atoms with E-state index in [1.807, 2.05) is 0 Å². The van der Waals surface area contributed by atoms with E-state index in [1.165, 1.54) is 61.7 Å². The number of halogens is 1. The zero-order chi connectivity index (χ0) is 52.1. The normalized spacial score (nSPS) is 14.8. The van der Waals surface area contributed by atoms with Crippen LogP contribution in [0.5, 0.6) is 0 Å². The molecule has 0 radical (unpaired) electrons. The van der Waals surface area contributed by atoms with E-state index in [4.69, 9.17) is 0 Å². The van der Waals surface area contributed by atoms with Crippen LogP contribution in [0.25, 0.3) is 44.5 Å². The van der Waals surface area contributed by atoms with Crippen molar-refractivity contribution in [1.29, 1.82) is 0 Å². The lowest BCUT2D eigenvalue weighted by Gasteiger charge is -2.35. The number of H-pyrrole nitrogens is 1. The van der Waals surface area contributed by atoms with Gasteiger partial charge in [0.1, 0.15) is 11.5 Å². The van der Waals surface area contributed by atoms with Crippen LogP contribution in [0.3, 0.4) is 0 Å². The smallest absolute Gasteiger partial charge is 0.262 e. The van der Waals surface area contributed by atoms with Crippen molar-refractivity contribution in [3.8, 4) is 44.5 Å². The number of hydrogen-bond acceptors (Lipinski definition) is 3. The van der Waals surface area contributed by atoms with Crippen LogP contribution in [0.2, 0.25) is 0 Å². The lowest BCUT2D eigenvalue weighted by molar-refractivity contribution is 0.591. The number of nitrogens with one attached hydrogen (secondary N) is 1. The monoisotopic (exact) mass is 1110 g/mol. The summed E-state index contributed by atoms with van der Waals surface area (Å²) in [5, 5.41) is 0. The Morgan fingerprint density at radius 3 is 1.47 bits per heavy atom. The Bertz CT molecular complexity index is 3880. The lowest BCUT2D eigenvalue weighted by atomic mass is 9.89. The minimum atomic E-state index is -0.0495. The Balaban J connectivity index is 0.910. The van der Waals surface area contributed by atoms with Gasteiger partial charge in [-0.15, -0.1) is 0 Å². The van der Waals surface area contributed by atoms with Crippen molar-refractivity contribution in [3.05, 3.63) is 278 Å². The number of rotatable bonds is 9. The number of aromatic nitrogens is 1. The highest BCUT2D eigenvalue weighted by molar-refractivity contribution is 14.1. The quantitative estimate of drug-likeness (QED) is 0.115. The fourth-order valence-electron chi connectivity index (χ4n) is 11.7. The highest BCUT2D eigenvalue weighted by Gasteiger charge is 2.47. The van der Waals surface area contributed by atoms with Gasteiger partial charge in [0.25, 0.3) is 22.9 Å². The molecule has 1 atom stereocenters. The molecule has 13 rings (SSSR count). The van der Waals surface area contributed by atoms with E-state index in [-0.39, 0.29) is 5.41 Å². The van der Waals surface area contributed by atoms with Gasteiger partial charge in [0.15, 0.2) is 18.0 Å². The summed E-state index contributed by atoms with van der Waals surface area (Å²) in [7, 11) is 0. The van der Waals surface area contributed by atoms with Crippen molar-refractivity contribution in [2.45, 2.75) is 39.0 Å². The van der Waals surface area contributed by atoms with Crippen LogP contribution in [-0.2, 0) is 18.3 Å². The van der Waals surface area contributed by atoms with Crippen LogP contribution >= 0.6 is 22.9 Å². The third-order valence-corrected chi connectivity index (χ3v) is 16.8. The molecular formula is C71H59IN5+. The number of hydrogen-bond donors (Lipinski definition) is 1. The fraction of sp³-hybridized carbons (Fsp3) is 0.0986. The molecule has 2 aliphatic rings. The summed E-state index contributed by atoms with van der Waals surface area (Å²) in [4.78, 5) is 11.3. The maximum absolute atomic E-state index is 3.80. The molecule has 10 aromatic carbocycles. The van der Waals surface area contributed by atoms with Gasteiger partial charge in [0, 0.05) is 57.0 Å². The topological polar surface area (TPSA) is 25.5 Å². The van der Waals surface area contributed by atoms with Crippen molar-refractivity contribution in [3.63, 3.8) is 0 Å². The first kappa shape index (κ1) is 48.2. The fourth-order valence-corrected chi connectivity index (χ4v) is 12.9. The minimum Gasteiger partial charge on any atom is -0.347 e. The van der Waals surface area contributed by atoms with Crippen molar-refractivity contribution in [2.24, 2.45) is 0 Å². The molecule has 0 aliphatic carbocycles. The summed E-state index contributed by atoms with van der Waals surface area (Å²) in [5.41, 5.74) is 23.9. The lowest BCUT2D eigenvalue weighted by Crippen LogP contribution is -2.36. The Hall–Kier alpha value is -8.43. The van der Waals surface area contributed by atoms with Gasteiger partial charge < -0.3 is 9.88 Å². The van der Waals surface area contributed by atoms with Crippen LogP contribution in [0.4, 0.5) is 57.0 Å². The van der Waals surface area contributed by atoms with Gasteiger partial charge in [-0.25, -0.2) is 0 Å². The number of aryl methyl sites for hydroxylation is 2. The van der Waals surface area contributed by atoms with E-state index in [1.54, 1.807) is 0 Å². The van der Waals surface area contributed by atoms with Crippen LogP contribution in [0.1, 0.15) is 37.5 Å². The molecule has 0 spiro atoms. The van der Waals surface area contributed by atoms with E-state index < -0.39 is 0 Å². The Morgan fingerprint density at radius 1 is 0.416 bits per heavy atom. The molecule has 2 aliphatic heterocycles. The van der Waals surface area contributed by atoms with E-state index in [0.717, 1.165) is 76.0 Å². The average Bonchev–Trinajstić information content (AvgIpc) is 4.21. The van der Waals surface area contributed by atoms with Crippen LogP contribution in [-0.4, -0.2) is 11.7 Å². The molecule has 1 unspecified atom stereocenters. The minimum absolute atomic E-state index is 0.0495. The third-order valence-electron chi connectivity index (χ3n) is 15.5. The van der Waals surface area contributed by atoms with E-state index in [2.05, 4.69) is 324 Å². The van der Waals surface area contributed by atoms with Gasteiger partial charge in [0.2, 0.25) is 0 Å². The summed E-state index contributed by atoms with van der Waals surface area (Å²) in [6.45, 7) is 7.59. The molecule has 0 saturated heterocycles. The number of fused-ring (bicyclic) bond motifs is 7. The molecular weight excluding hydrogens is 1050 g/mol. The molecule has 0 fully saturated rings. The first-order valence-electron chi connectivity index (χ1n) is 26.7. The van der Waals surface area contributed by atoms with Gasteiger partial charge in [-0.05, 0) is 119 Å². The number of quaternary nitrogens is 1. The molecule has 1 N–H and O–H groups in total. The molecule has 0 amide bonds. The number of para-hydroxylation sites is 7. The highest BCUT2D eigenvalue weighted by Crippen LogP contribution is 2.58. The molecule has 0 bridgehead atoms. The second-order valence-corrected chi connectivity index (χ2v) is 23.0. The van der Waals surface area contributed by atoms with E-state index in [9.17, 15) is 0 Å². The third kappa shape index (κ3) is 8.81. The number of anilines is 8. The Morgan fingerprint density at radius 2 is 0.883 bits per heavy atom. The van der Waals surface area contributed by atoms with E-state index in [0.29, 0.717) is 2.70 Å². The van der Waals surface area contributed by atoms with Gasteiger partial charge in [-0.3, -0.25) is 9.80 Å². The predicted molar refractivity (Wildman–Crippen MR) is 333 cm³/mol. The molecule has 1 aromatic heterocycles.